The van der Waals surface area contributed by atoms with Gasteiger partial charge in [-0.2, -0.15) is 0 Å². The zero-order valence-electron chi connectivity index (χ0n) is 10.8. The lowest BCUT2D eigenvalue weighted by Gasteiger charge is -2.41. The van der Waals surface area contributed by atoms with E-state index in [2.05, 4.69) is 25.7 Å². The summed E-state index contributed by atoms with van der Waals surface area (Å²) < 4.78 is 0. The van der Waals surface area contributed by atoms with E-state index in [1.165, 1.54) is 32.2 Å². The molecule has 0 aromatic rings. The Balaban J connectivity index is 2.53. The molecule has 0 amide bonds. The molecule has 0 spiro atoms. The number of likely N-dealkylation sites (tertiary alicyclic amines) is 1. The first-order valence-corrected chi connectivity index (χ1v) is 6.68. The van der Waals surface area contributed by atoms with E-state index in [1.807, 2.05) is 0 Å². The highest BCUT2D eigenvalue weighted by atomic mass is 15.2. The fraction of sp³-hybridized carbons (Fsp3) is 1.00. The van der Waals surface area contributed by atoms with Gasteiger partial charge in [-0.1, -0.05) is 27.2 Å². The molecule has 1 unspecified atom stereocenters. The Morgan fingerprint density at radius 2 is 1.87 bits per heavy atom. The van der Waals surface area contributed by atoms with E-state index in [-0.39, 0.29) is 5.54 Å². The SMILES string of the molecule is CCC1CCCCN1CC(N)(CC)CC. The van der Waals surface area contributed by atoms with Gasteiger partial charge in [0.1, 0.15) is 0 Å². The fourth-order valence-corrected chi connectivity index (χ4v) is 2.61. The molecular weight excluding hydrogens is 184 g/mol. The summed E-state index contributed by atoms with van der Waals surface area (Å²) in [6.07, 6.45) is 7.61. The molecule has 1 saturated heterocycles. The third-order valence-electron chi connectivity index (χ3n) is 4.15. The predicted molar refractivity (Wildman–Crippen MR) is 67.0 cm³/mol. The summed E-state index contributed by atoms with van der Waals surface area (Å²) in [5.74, 6) is 0. The molecule has 1 heterocycles. The minimum Gasteiger partial charge on any atom is -0.324 e. The Labute approximate surface area is 95.2 Å². The van der Waals surface area contributed by atoms with Crippen LogP contribution in [-0.2, 0) is 0 Å². The van der Waals surface area contributed by atoms with Crippen molar-refractivity contribution in [3.8, 4) is 0 Å². The Bertz CT molecular complexity index is 175. The van der Waals surface area contributed by atoms with Gasteiger partial charge in [0.15, 0.2) is 0 Å². The summed E-state index contributed by atoms with van der Waals surface area (Å²) in [5, 5.41) is 0. The molecule has 2 N–H and O–H groups in total. The van der Waals surface area contributed by atoms with Gasteiger partial charge in [0.25, 0.3) is 0 Å². The van der Waals surface area contributed by atoms with Crippen molar-refractivity contribution < 1.29 is 0 Å². The van der Waals surface area contributed by atoms with E-state index in [0.29, 0.717) is 0 Å². The molecule has 1 rings (SSSR count). The van der Waals surface area contributed by atoms with Gasteiger partial charge in [-0.05, 0) is 38.6 Å². The molecule has 0 bridgehead atoms. The van der Waals surface area contributed by atoms with E-state index in [0.717, 1.165) is 25.4 Å². The molecular formula is C13H28N2. The molecule has 90 valence electrons. The van der Waals surface area contributed by atoms with E-state index in [1.54, 1.807) is 0 Å². The van der Waals surface area contributed by atoms with Gasteiger partial charge in [0, 0.05) is 18.1 Å². The first kappa shape index (κ1) is 13.0. The summed E-state index contributed by atoms with van der Waals surface area (Å²) >= 11 is 0. The van der Waals surface area contributed by atoms with Crippen molar-refractivity contribution in [2.75, 3.05) is 13.1 Å². The topological polar surface area (TPSA) is 29.3 Å². The van der Waals surface area contributed by atoms with E-state index in [9.17, 15) is 0 Å². The maximum absolute atomic E-state index is 6.40. The van der Waals surface area contributed by atoms with Gasteiger partial charge in [-0.25, -0.2) is 0 Å². The second kappa shape index (κ2) is 5.86. The minimum absolute atomic E-state index is 0.0464. The number of hydrogen-bond acceptors (Lipinski definition) is 2. The van der Waals surface area contributed by atoms with Crippen LogP contribution in [-0.4, -0.2) is 29.6 Å². The van der Waals surface area contributed by atoms with Gasteiger partial charge in [-0.15, -0.1) is 0 Å². The van der Waals surface area contributed by atoms with Crippen molar-refractivity contribution in [2.24, 2.45) is 5.73 Å². The van der Waals surface area contributed by atoms with Crippen molar-refractivity contribution in [3.05, 3.63) is 0 Å². The largest absolute Gasteiger partial charge is 0.324 e. The van der Waals surface area contributed by atoms with Crippen molar-refractivity contribution in [1.82, 2.24) is 4.90 Å². The summed E-state index contributed by atoms with van der Waals surface area (Å²) in [7, 11) is 0. The molecule has 0 aromatic heterocycles. The molecule has 0 aromatic carbocycles. The van der Waals surface area contributed by atoms with E-state index < -0.39 is 0 Å². The Kier molecular flexibility index (Phi) is 5.07. The molecule has 1 aliphatic heterocycles. The second-order valence-corrected chi connectivity index (χ2v) is 5.10. The third kappa shape index (κ3) is 3.46. The average molecular weight is 212 g/mol. The maximum Gasteiger partial charge on any atom is 0.0278 e. The van der Waals surface area contributed by atoms with Crippen molar-refractivity contribution in [3.63, 3.8) is 0 Å². The standard InChI is InChI=1S/C13H28N2/c1-4-12-9-7-8-10-15(12)11-13(14,5-2)6-3/h12H,4-11,14H2,1-3H3. The van der Waals surface area contributed by atoms with Gasteiger partial charge >= 0.3 is 0 Å². The van der Waals surface area contributed by atoms with Gasteiger partial charge in [0.05, 0.1) is 0 Å². The number of hydrogen-bond donors (Lipinski definition) is 1. The molecule has 1 atom stereocenters. The number of rotatable bonds is 5. The van der Waals surface area contributed by atoms with Crippen molar-refractivity contribution in [2.45, 2.75) is 70.9 Å². The van der Waals surface area contributed by atoms with Crippen LogP contribution in [0.1, 0.15) is 59.3 Å². The molecule has 2 heteroatoms. The summed E-state index contributed by atoms with van der Waals surface area (Å²) in [4.78, 5) is 2.64. The van der Waals surface area contributed by atoms with Gasteiger partial charge < -0.3 is 5.73 Å². The van der Waals surface area contributed by atoms with Gasteiger partial charge in [-0.3, -0.25) is 4.90 Å². The molecule has 0 saturated carbocycles. The smallest absolute Gasteiger partial charge is 0.0278 e. The summed E-state index contributed by atoms with van der Waals surface area (Å²) in [5.41, 5.74) is 6.45. The fourth-order valence-electron chi connectivity index (χ4n) is 2.61. The molecule has 1 aliphatic rings. The predicted octanol–water partition coefficient (Wildman–Crippen LogP) is 2.77. The van der Waals surface area contributed by atoms with E-state index in [4.69, 9.17) is 5.73 Å². The lowest BCUT2D eigenvalue weighted by molar-refractivity contribution is 0.107. The zero-order chi connectivity index (χ0) is 11.3. The third-order valence-corrected chi connectivity index (χ3v) is 4.15. The molecule has 0 aliphatic carbocycles. The normalized spacial score (nSPS) is 24.4. The van der Waals surface area contributed by atoms with Crippen LogP contribution >= 0.6 is 0 Å². The second-order valence-electron chi connectivity index (χ2n) is 5.10. The van der Waals surface area contributed by atoms with Crippen LogP contribution in [0.25, 0.3) is 0 Å². The monoisotopic (exact) mass is 212 g/mol. The molecule has 0 radical (unpaired) electrons. The summed E-state index contributed by atoms with van der Waals surface area (Å²) in [6, 6.07) is 0.791. The van der Waals surface area contributed by atoms with Gasteiger partial charge in [0.2, 0.25) is 0 Å². The van der Waals surface area contributed by atoms with Crippen molar-refractivity contribution >= 4 is 0 Å². The van der Waals surface area contributed by atoms with Crippen molar-refractivity contribution in [1.29, 1.82) is 0 Å². The highest BCUT2D eigenvalue weighted by Crippen LogP contribution is 2.23. The first-order valence-electron chi connectivity index (χ1n) is 6.68. The average Bonchev–Trinajstić information content (AvgIpc) is 2.29. The number of nitrogens with two attached hydrogens (primary N) is 1. The maximum atomic E-state index is 6.40. The quantitative estimate of drug-likeness (QED) is 0.759. The highest BCUT2D eigenvalue weighted by Gasteiger charge is 2.28. The Hall–Kier alpha value is -0.0800. The lowest BCUT2D eigenvalue weighted by atomic mass is 9.90. The Morgan fingerprint density at radius 1 is 1.20 bits per heavy atom. The molecule has 2 nitrogen and oxygen atoms in total. The number of nitrogens with zero attached hydrogens (tertiary/aromatic N) is 1. The lowest BCUT2D eigenvalue weighted by Crippen LogP contribution is -2.53. The molecule has 15 heavy (non-hydrogen) atoms. The van der Waals surface area contributed by atoms with Crippen LogP contribution in [0.15, 0.2) is 0 Å². The van der Waals surface area contributed by atoms with Crippen LogP contribution in [0.4, 0.5) is 0 Å². The number of piperidine rings is 1. The first-order chi connectivity index (χ1) is 7.15. The van der Waals surface area contributed by atoms with Crippen LogP contribution in [0, 0.1) is 0 Å². The highest BCUT2D eigenvalue weighted by molar-refractivity contribution is 4.88. The zero-order valence-corrected chi connectivity index (χ0v) is 10.8. The van der Waals surface area contributed by atoms with Crippen LogP contribution in [0.2, 0.25) is 0 Å². The Morgan fingerprint density at radius 3 is 2.40 bits per heavy atom. The van der Waals surface area contributed by atoms with Crippen LogP contribution < -0.4 is 5.73 Å². The van der Waals surface area contributed by atoms with E-state index >= 15 is 0 Å². The minimum atomic E-state index is 0.0464. The summed E-state index contributed by atoms with van der Waals surface area (Å²) in [6.45, 7) is 9.10. The van der Waals surface area contributed by atoms with Crippen LogP contribution in [0.3, 0.4) is 0 Å². The van der Waals surface area contributed by atoms with Crippen LogP contribution in [0.5, 0.6) is 0 Å². The molecule has 1 fully saturated rings.